The highest BCUT2D eigenvalue weighted by Crippen LogP contribution is 2.21. The summed E-state index contributed by atoms with van der Waals surface area (Å²) >= 11 is 0. The van der Waals surface area contributed by atoms with Crippen molar-refractivity contribution in [3.8, 4) is 0 Å². The number of hydrogen-bond donors (Lipinski definition) is 4. The average Bonchev–Trinajstić information content (AvgIpc) is 2.98. The lowest BCUT2D eigenvalue weighted by molar-refractivity contribution is -0.0856. The number of carboxylic acid groups (broad SMARTS) is 1. The Balaban J connectivity index is 0.00000160. The number of aliphatic hydroxyl groups excluding tert-OH is 2. The molecular weight excluding hydrogens is 584 g/mol. The Morgan fingerprint density at radius 1 is 1.00 bits per heavy atom. The number of ether oxygens (including phenoxy) is 2. The number of hydrogen-bond acceptors (Lipinski definition) is 7. The molecule has 3 atom stereocenters. The third-order valence-corrected chi connectivity index (χ3v) is 7.74. The zero-order chi connectivity index (χ0) is 33.5. The molecule has 0 unspecified atom stereocenters. The molecule has 11 heteroatoms. The maximum Gasteiger partial charge on any atom is 0.404 e. The van der Waals surface area contributed by atoms with Crippen LogP contribution < -0.4 is 5.32 Å². The Kier molecular flexibility index (Phi) is 21.8. The molecule has 2 rings (SSSR count). The molecule has 0 bridgehead atoms. The second kappa shape index (κ2) is 23.4. The number of sulfonamides is 1. The number of benzene rings is 2. The SMILES string of the molecule is CC.CCCCO[C@@H](C)O.CCO/C=C\c1cccc(S(=O)(=O)N(CC(C)C)C[C@@H](O)[C@H](Cc2ccccc2)NC(=O)O)c1. The summed E-state index contributed by atoms with van der Waals surface area (Å²) in [7, 11) is -3.96. The fourth-order valence-electron chi connectivity index (χ4n) is 3.87. The molecule has 250 valence electrons. The van der Waals surface area contributed by atoms with Gasteiger partial charge in [-0.1, -0.05) is 83.5 Å². The predicted octanol–water partition coefficient (Wildman–Crippen LogP) is 5.75. The van der Waals surface area contributed by atoms with Crippen LogP contribution in [0.25, 0.3) is 6.08 Å². The fraction of sp³-hybridized carbons (Fsp3) is 0.545. The topological polar surface area (TPSA) is 146 Å². The lowest BCUT2D eigenvalue weighted by Gasteiger charge is -2.30. The van der Waals surface area contributed by atoms with Crippen LogP contribution in [0.2, 0.25) is 0 Å². The Labute approximate surface area is 264 Å². The highest BCUT2D eigenvalue weighted by Gasteiger charge is 2.31. The number of carbonyl (C=O) groups is 1. The molecule has 4 N–H and O–H groups in total. The van der Waals surface area contributed by atoms with Crippen molar-refractivity contribution in [2.24, 2.45) is 5.92 Å². The van der Waals surface area contributed by atoms with Crippen molar-refractivity contribution in [1.82, 2.24) is 9.62 Å². The van der Waals surface area contributed by atoms with Gasteiger partial charge in [0.05, 0.1) is 29.9 Å². The van der Waals surface area contributed by atoms with E-state index in [1.807, 2.05) is 65.0 Å². The molecule has 1 amide bonds. The van der Waals surface area contributed by atoms with E-state index in [9.17, 15) is 23.4 Å². The van der Waals surface area contributed by atoms with Crippen LogP contribution in [0.4, 0.5) is 4.79 Å². The van der Waals surface area contributed by atoms with E-state index in [0.717, 1.165) is 18.4 Å². The maximum atomic E-state index is 13.5. The fourth-order valence-corrected chi connectivity index (χ4v) is 5.55. The minimum absolute atomic E-state index is 0.0111. The van der Waals surface area contributed by atoms with E-state index >= 15 is 0 Å². The molecule has 2 aromatic carbocycles. The van der Waals surface area contributed by atoms with Gasteiger partial charge < -0.3 is 30.1 Å². The van der Waals surface area contributed by atoms with Gasteiger partial charge in [0.1, 0.15) is 0 Å². The molecule has 0 spiro atoms. The van der Waals surface area contributed by atoms with Gasteiger partial charge in [-0.15, -0.1) is 0 Å². The molecule has 0 heterocycles. The standard InChI is InChI=1S/C25H34N2O6S.C6H14O2.C2H6/c1-4-33-14-13-21-11-8-12-22(15-21)34(31,32)27(17-19(2)3)18-24(28)23(26-25(29)30)16-20-9-6-5-7-10-20;1-3-4-5-8-6(2)7;1-2/h5-15,19,23-24,26,28H,4,16-18H2,1-3H3,(H,29,30);6-7H,3-5H2,1-2H3;1-2H3/b14-13-;;/t23-,24+;6-;/m00./s1. The first-order valence-electron chi connectivity index (χ1n) is 15.3. The smallest absolute Gasteiger partial charge is 0.404 e. The summed E-state index contributed by atoms with van der Waals surface area (Å²) in [5.41, 5.74) is 1.49. The highest BCUT2D eigenvalue weighted by atomic mass is 32.2. The Morgan fingerprint density at radius 3 is 2.20 bits per heavy atom. The maximum absolute atomic E-state index is 13.5. The number of aliphatic hydroxyl groups is 2. The van der Waals surface area contributed by atoms with Crippen molar-refractivity contribution >= 4 is 22.2 Å². The van der Waals surface area contributed by atoms with Crippen LogP contribution >= 0.6 is 0 Å². The molecule has 2 aromatic rings. The summed E-state index contributed by atoms with van der Waals surface area (Å²) < 4.78 is 38.3. The van der Waals surface area contributed by atoms with E-state index in [0.29, 0.717) is 18.8 Å². The lowest BCUT2D eigenvalue weighted by atomic mass is 10.0. The molecule has 10 nitrogen and oxygen atoms in total. The van der Waals surface area contributed by atoms with Gasteiger partial charge in [0.25, 0.3) is 0 Å². The first-order chi connectivity index (χ1) is 20.9. The molecule has 44 heavy (non-hydrogen) atoms. The van der Waals surface area contributed by atoms with Crippen LogP contribution in [0, 0.1) is 5.92 Å². The normalized spacial score (nSPS) is 13.3. The predicted molar refractivity (Wildman–Crippen MR) is 176 cm³/mol. The molecule has 0 saturated heterocycles. The van der Waals surface area contributed by atoms with Gasteiger partial charge in [-0.2, -0.15) is 4.31 Å². The first kappa shape index (κ1) is 41.0. The van der Waals surface area contributed by atoms with Crippen molar-refractivity contribution in [2.75, 3.05) is 26.3 Å². The number of nitrogens with one attached hydrogen (secondary N) is 1. The van der Waals surface area contributed by atoms with Gasteiger partial charge in [0, 0.05) is 19.7 Å². The van der Waals surface area contributed by atoms with Gasteiger partial charge in [-0.05, 0) is 61.9 Å². The van der Waals surface area contributed by atoms with Crippen LogP contribution in [0.15, 0.2) is 65.8 Å². The Bertz CT molecular complexity index is 1160. The summed E-state index contributed by atoms with van der Waals surface area (Å²) in [5.74, 6) is -0.0111. The molecule has 0 fully saturated rings. The van der Waals surface area contributed by atoms with E-state index < -0.39 is 34.6 Å². The molecule has 0 radical (unpaired) electrons. The largest absolute Gasteiger partial charge is 0.501 e. The summed E-state index contributed by atoms with van der Waals surface area (Å²) in [6.07, 6.45) is 2.42. The Morgan fingerprint density at radius 2 is 1.66 bits per heavy atom. The lowest BCUT2D eigenvalue weighted by Crippen LogP contribution is -2.50. The average molecular weight is 639 g/mol. The van der Waals surface area contributed by atoms with Crippen molar-refractivity contribution in [3.05, 3.63) is 72.0 Å². The van der Waals surface area contributed by atoms with Gasteiger partial charge in [0.2, 0.25) is 10.0 Å². The van der Waals surface area contributed by atoms with Crippen molar-refractivity contribution in [2.45, 2.75) is 91.1 Å². The number of unbranched alkanes of at least 4 members (excludes halogenated alkanes) is 1. The van der Waals surface area contributed by atoms with Crippen molar-refractivity contribution in [3.63, 3.8) is 0 Å². The van der Waals surface area contributed by atoms with Crippen molar-refractivity contribution < 1.29 is 38.0 Å². The summed E-state index contributed by atoms with van der Waals surface area (Å²) in [6, 6.07) is 14.7. The van der Waals surface area contributed by atoms with Crippen LogP contribution in [0.5, 0.6) is 0 Å². The van der Waals surface area contributed by atoms with E-state index in [4.69, 9.17) is 14.6 Å². The van der Waals surface area contributed by atoms with Crippen LogP contribution in [-0.2, 0) is 25.9 Å². The second-order valence-electron chi connectivity index (χ2n) is 10.2. The summed E-state index contributed by atoms with van der Waals surface area (Å²) in [6.45, 7) is 14.4. The van der Waals surface area contributed by atoms with Crippen molar-refractivity contribution in [1.29, 1.82) is 0 Å². The van der Waals surface area contributed by atoms with Gasteiger partial charge >= 0.3 is 6.09 Å². The van der Waals surface area contributed by atoms with E-state index in [2.05, 4.69) is 12.2 Å². The molecule has 0 saturated carbocycles. The number of rotatable bonds is 17. The number of amides is 1. The van der Waals surface area contributed by atoms with Gasteiger partial charge in [-0.3, -0.25) is 0 Å². The molecule has 0 aliphatic heterocycles. The molecule has 0 aliphatic carbocycles. The van der Waals surface area contributed by atoms with E-state index in [1.54, 1.807) is 31.2 Å². The number of nitrogens with zero attached hydrogens (tertiary/aromatic N) is 1. The minimum atomic E-state index is -3.96. The zero-order valence-corrected chi connectivity index (χ0v) is 28.2. The first-order valence-corrected chi connectivity index (χ1v) is 16.7. The van der Waals surface area contributed by atoms with Crippen LogP contribution in [-0.4, -0.2) is 78.9 Å². The van der Waals surface area contributed by atoms with E-state index in [1.165, 1.54) is 16.6 Å². The third-order valence-electron chi connectivity index (χ3n) is 5.91. The molecular formula is C33H54N2O8S. The third kappa shape index (κ3) is 17.4. The van der Waals surface area contributed by atoms with Crippen LogP contribution in [0.1, 0.15) is 72.4 Å². The second-order valence-corrected chi connectivity index (χ2v) is 12.1. The molecule has 0 aromatic heterocycles. The monoisotopic (exact) mass is 638 g/mol. The highest BCUT2D eigenvalue weighted by molar-refractivity contribution is 7.89. The Hall–Kier alpha value is -2.96. The summed E-state index contributed by atoms with van der Waals surface area (Å²) in [5, 5.41) is 31.1. The summed E-state index contributed by atoms with van der Waals surface area (Å²) in [4.78, 5) is 11.4. The minimum Gasteiger partial charge on any atom is -0.501 e. The van der Waals surface area contributed by atoms with Gasteiger partial charge in [0.15, 0.2) is 6.29 Å². The van der Waals surface area contributed by atoms with Gasteiger partial charge in [-0.25, -0.2) is 13.2 Å². The molecule has 0 aliphatic rings. The quantitative estimate of drug-likeness (QED) is 0.0974. The van der Waals surface area contributed by atoms with E-state index in [-0.39, 0.29) is 30.3 Å². The van der Waals surface area contributed by atoms with Crippen LogP contribution in [0.3, 0.4) is 0 Å². The zero-order valence-electron chi connectivity index (χ0n) is 27.3.